The summed E-state index contributed by atoms with van der Waals surface area (Å²) in [5.74, 6) is 2.42. The molecule has 6 atom stereocenters. The second-order valence-corrected chi connectivity index (χ2v) is 11.5. The fraction of sp³-hybridized carbons (Fsp3) is 0.517. The maximum Gasteiger partial charge on any atom is 0.100 e. The second kappa shape index (κ2) is 6.94. The molecule has 0 aliphatic heterocycles. The first-order valence-corrected chi connectivity index (χ1v) is 12.9. The van der Waals surface area contributed by atoms with E-state index >= 15 is 0 Å². The second-order valence-electron chi connectivity index (χ2n) is 11.5. The first-order valence-electron chi connectivity index (χ1n) is 12.9. The zero-order chi connectivity index (χ0) is 22.2. The monoisotopic (exact) mass is 438 g/mol. The number of hydrogen-bond acceptors (Lipinski definition) is 2. The Morgan fingerprint density at radius 3 is 2.73 bits per heavy atom. The van der Waals surface area contributed by atoms with Crippen LogP contribution in [0.1, 0.15) is 64.8 Å². The lowest BCUT2D eigenvalue weighted by atomic mass is 9.47. The molecule has 7 rings (SSSR count). The lowest BCUT2D eigenvalue weighted by Crippen LogP contribution is -2.50. The van der Waals surface area contributed by atoms with E-state index in [0.29, 0.717) is 11.5 Å². The van der Waals surface area contributed by atoms with Gasteiger partial charge < -0.3 is 9.13 Å². The molecule has 4 heteroatoms. The highest BCUT2D eigenvalue weighted by Gasteiger charge is 2.57. The Kier molecular flexibility index (Phi) is 4.17. The van der Waals surface area contributed by atoms with Gasteiger partial charge in [-0.3, -0.25) is 0 Å². The number of aromatic nitrogens is 4. The summed E-state index contributed by atoms with van der Waals surface area (Å²) in [5, 5.41) is 0. The van der Waals surface area contributed by atoms with Crippen LogP contribution in [0.3, 0.4) is 0 Å². The summed E-state index contributed by atoms with van der Waals surface area (Å²) in [6.07, 6.45) is 22.4. The van der Waals surface area contributed by atoms with Gasteiger partial charge >= 0.3 is 0 Å². The van der Waals surface area contributed by atoms with Crippen LogP contribution in [0.2, 0.25) is 0 Å². The Bertz CT molecular complexity index is 1260. The molecule has 170 valence electrons. The molecular formula is C29H34N4. The molecule has 0 N–H and O–H groups in total. The van der Waals surface area contributed by atoms with Crippen molar-refractivity contribution < 1.29 is 0 Å². The van der Waals surface area contributed by atoms with Crippen LogP contribution in [-0.2, 0) is 0 Å². The van der Waals surface area contributed by atoms with E-state index in [9.17, 15) is 0 Å². The van der Waals surface area contributed by atoms with Gasteiger partial charge in [0.15, 0.2) is 0 Å². The summed E-state index contributed by atoms with van der Waals surface area (Å²) in [5.41, 5.74) is 6.25. The van der Waals surface area contributed by atoms with Gasteiger partial charge in [0.1, 0.15) is 6.33 Å². The third kappa shape index (κ3) is 2.70. The highest BCUT2D eigenvalue weighted by Crippen LogP contribution is 2.66. The number of fused-ring (bicyclic) bond motifs is 6. The van der Waals surface area contributed by atoms with E-state index in [0.717, 1.165) is 23.3 Å². The van der Waals surface area contributed by atoms with Crippen molar-refractivity contribution in [2.24, 2.45) is 28.6 Å². The van der Waals surface area contributed by atoms with Crippen molar-refractivity contribution in [3.8, 4) is 0 Å². The highest BCUT2D eigenvalue weighted by atomic mass is 15.1. The van der Waals surface area contributed by atoms with Gasteiger partial charge in [-0.25, -0.2) is 9.97 Å². The largest absolute Gasteiger partial charge is 0.331 e. The molecule has 1 aromatic carbocycles. The first-order chi connectivity index (χ1) is 16.1. The molecule has 4 aliphatic rings. The molecule has 3 aromatic rings. The lowest BCUT2D eigenvalue weighted by Gasteiger charge is -2.58. The zero-order valence-corrected chi connectivity index (χ0v) is 19.8. The SMILES string of the molecule is CC12CCC(n3ccnc3)C=C1CCC1C2CCC2(C)C(n3cnc4ccccc43)=CCC12. The molecular weight excluding hydrogens is 404 g/mol. The van der Waals surface area contributed by atoms with Crippen LogP contribution in [0.15, 0.2) is 67.0 Å². The molecule has 0 amide bonds. The van der Waals surface area contributed by atoms with Crippen molar-refractivity contribution in [1.29, 1.82) is 0 Å². The number of hydrogen-bond donors (Lipinski definition) is 0. The summed E-state index contributed by atoms with van der Waals surface area (Å²) < 4.78 is 4.71. The van der Waals surface area contributed by atoms with E-state index in [2.05, 4.69) is 76.9 Å². The Balaban J connectivity index is 1.20. The summed E-state index contributed by atoms with van der Waals surface area (Å²) in [4.78, 5) is 9.01. The average molecular weight is 439 g/mol. The Hall–Kier alpha value is -2.62. The van der Waals surface area contributed by atoms with Gasteiger partial charge in [-0.1, -0.05) is 43.7 Å². The Morgan fingerprint density at radius 1 is 0.970 bits per heavy atom. The molecule has 4 nitrogen and oxygen atoms in total. The molecule has 0 spiro atoms. The van der Waals surface area contributed by atoms with Crippen molar-refractivity contribution in [1.82, 2.24) is 19.1 Å². The number of imidazole rings is 2. The molecule has 2 heterocycles. The van der Waals surface area contributed by atoms with Crippen LogP contribution in [0.4, 0.5) is 0 Å². The predicted octanol–water partition coefficient (Wildman–Crippen LogP) is 6.89. The average Bonchev–Trinajstić information content (AvgIpc) is 3.57. The fourth-order valence-electron chi connectivity index (χ4n) is 8.48. The minimum absolute atomic E-state index is 0.260. The zero-order valence-electron chi connectivity index (χ0n) is 19.8. The third-order valence-corrected chi connectivity index (χ3v) is 10.2. The lowest BCUT2D eigenvalue weighted by molar-refractivity contribution is -0.0251. The van der Waals surface area contributed by atoms with Crippen LogP contribution in [0.5, 0.6) is 0 Å². The number of benzene rings is 1. The quantitative estimate of drug-likeness (QED) is 0.409. The molecule has 0 saturated heterocycles. The topological polar surface area (TPSA) is 35.6 Å². The maximum absolute atomic E-state index is 4.71. The van der Waals surface area contributed by atoms with Crippen molar-refractivity contribution in [3.63, 3.8) is 0 Å². The molecule has 4 aliphatic carbocycles. The van der Waals surface area contributed by atoms with E-state index < -0.39 is 0 Å². The minimum atomic E-state index is 0.260. The van der Waals surface area contributed by atoms with E-state index in [-0.39, 0.29) is 5.41 Å². The summed E-state index contributed by atoms with van der Waals surface area (Å²) in [6.45, 7) is 5.17. The van der Waals surface area contributed by atoms with E-state index in [4.69, 9.17) is 4.98 Å². The Morgan fingerprint density at radius 2 is 1.85 bits per heavy atom. The molecule has 2 fully saturated rings. The van der Waals surface area contributed by atoms with Gasteiger partial charge in [0.2, 0.25) is 0 Å². The van der Waals surface area contributed by atoms with Gasteiger partial charge in [-0.2, -0.15) is 0 Å². The van der Waals surface area contributed by atoms with Gasteiger partial charge in [0.05, 0.1) is 23.4 Å². The summed E-state index contributed by atoms with van der Waals surface area (Å²) in [6, 6.07) is 9.09. The van der Waals surface area contributed by atoms with E-state index in [1.54, 1.807) is 5.57 Å². The molecule has 6 unspecified atom stereocenters. The minimum Gasteiger partial charge on any atom is -0.331 e. The summed E-state index contributed by atoms with van der Waals surface area (Å²) >= 11 is 0. The molecule has 0 bridgehead atoms. The molecule has 2 aromatic heterocycles. The van der Waals surface area contributed by atoms with Crippen molar-refractivity contribution in [2.45, 2.75) is 64.8 Å². The molecule has 0 radical (unpaired) electrons. The van der Waals surface area contributed by atoms with Crippen LogP contribution >= 0.6 is 0 Å². The van der Waals surface area contributed by atoms with Gasteiger partial charge in [-0.05, 0) is 80.2 Å². The number of rotatable bonds is 2. The van der Waals surface area contributed by atoms with Gasteiger partial charge in [0, 0.05) is 23.5 Å². The maximum atomic E-state index is 4.71. The van der Waals surface area contributed by atoms with Crippen LogP contribution < -0.4 is 0 Å². The first kappa shape index (κ1) is 19.8. The van der Waals surface area contributed by atoms with Crippen LogP contribution in [0.25, 0.3) is 16.7 Å². The van der Waals surface area contributed by atoms with E-state index in [1.807, 2.05) is 12.5 Å². The highest BCUT2D eigenvalue weighted by molar-refractivity contribution is 5.80. The van der Waals surface area contributed by atoms with Crippen LogP contribution in [-0.4, -0.2) is 19.1 Å². The summed E-state index contributed by atoms with van der Waals surface area (Å²) in [7, 11) is 0. The van der Waals surface area contributed by atoms with Gasteiger partial charge in [0.25, 0.3) is 0 Å². The fourth-order valence-corrected chi connectivity index (χ4v) is 8.48. The normalized spacial score (nSPS) is 37.8. The third-order valence-electron chi connectivity index (χ3n) is 10.2. The number of allylic oxidation sites excluding steroid dienone is 4. The Labute approximate surface area is 196 Å². The van der Waals surface area contributed by atoms with Crippen molar-refractivity contribution in [2.75, 3.05) is 0 Å². The number of para-hydroxylation sites is 2. The molecule has 33 heavy (non-hydrogen) atoms. The predicted molar refractivity (Wildman–Crippen MR) is 132 cm³/mol. The molecule has 2 saturated carbocycles. The smallest absolute Gasteiger partial charge is 0.100 e. The number of nitrogens with zero attached hydrogens (tertiary/aromatic N) is 4. The van der Waals surface area contributed by atoms with E-state index in [1.165, 1.54) is 56.2 Å². The van der Waals surface area contributed by atoms with Gasteiger partial charge in [-0.15, -0.1) is 0 Å². The van der Waals surface area contributed by atoms with Crippen molar-refractivity contribution in [3.05, 3.63) is 67.0 Å². The standard InChI is InChI=1S/C29H34N4/c1-28-13-11-21(32-16-15-30-18-32)17-20(28)7-8-22-23-9-10-27(29(23,2)14-12-24(22)28)33-19-31-25-5-3-4-6-26(25)33/h3-6,10,15-19,21-24H,7-9,11-14H2,1-2H3. The van der Waals surface area contributed by atoms with Crippen LogP contribution in [0, 0.1) is 28.6 Å². The van der Waals surface area contributed by atoms with Crippen molar-refractivity contribution >= 4 is 16.7 Å².